The molecular weight excluding hydrogens is 244 g/mol. The third-order valence-electron chi connectivity index (χ3n) is 7.78. The molecule has 0 aromatic rings. The van der Waals surface area contributed by atoms with Gasteiger partial charge in [-0.25, -0.2) is 0 Å². The number of fused-ring (bicyclic) bond motifs is 5. The Kier molecular flexibility index (Phi) is 2.76. The standard InChI is InChI=1S/C19H28O/c1-18-9-3-4-16(18)15-6-5-13-12-14(20)7-11-19(13,2)17(15)8-10-18/h3-4,13,15-17H,5-12H2,1-2H3/t13-,15-,16-,17-,18-,19-/m0/s1. The zero-order valence-corrected chi connectivity index (χ0v) is 13.0. The first-order valence-electron chi connectivity index (χ1n) is 8.71. The van der Waals surface area contributed by atoms with Crippen molar-refractivity contribution in [2.24, 2.45) is 34.5 Å². The highest BCUT2D eigenvalue weighted by molar-refractivity contribution is 5.79. The molecule has 4 rings (SSSR count). The molecule has 4 aliphatic carbocycles. The third kappa shape index (κ3) is 1.64. The Morgan fingerprint density at radius 1 is 1.15 bits per heavy atom. The van der Waals surface area contributed by atoms with E-state index in [1.807, 2.05) is 0 Å². The van der Waals surface area contributed by atoms with E-state index < -0.39 is 0 Å². The zero-order valence-electron chi connectivity index (χ0n) is 13.0. The summed E-state index contributed by atoms with van der Waals surface area (Å²) < 4.78 is 0. The number of carbonyl (C=O) groups is 1. The molecule has 110 valence electrons. The molecule has 1 nitrogen and oxygen atoms in total. The van der Waals surface area contributed by atoms with Crippen LogP contribution in [0.2, 0.25) is 0 Å². The van der Waals surface area contributed by atoms with Gasteiger partial charge in [0.25, 0.3) is 0 Å². The van der Waals surface area contributed by atoms with Crippen molar-refractivity contribution in [3.8, 4) is 0 Å². The van der Waals surface area contributed by atoms with E-state index >= 15 is 0 Å². The largest absolute Gasteiger partial charge is 0.300 e. The van der Waals surface area contributed by atoms with Crippen LogP contribution in [0.1, 0.15) is 65.2 Å². The van der Waals surface area contributed by atoms with Crippen molar-refractivity contribution >= 4 is 5.78 Å². The summed E-state index contributed by atoms with van der Waals surface area (Å²) in [5.41, 5.74) is 1.03. The summed E-state index contributed by atoms with van der Waals surface area (Å²) in [5, 5.41) is 0. The number of Topliss-reactive ketones (excluding diaryl/α,β-unsaturated/α-hetero) is 1. The molecule has 0 aromatic carbocycles. The van der Waals surface area contributed by atoms with Crippen molar-refractivity contribution in [3.05, 3.63) is 12.2 Å². The van der Waals surface area contributed by atoms with Gasteiger partial charge in [0.15, 0.2) is 0 Å². The lowest BCUT2D eigenvalue weighted by atomic mass is 9.45. The van der Waals surface area contributed by atoms with Gasteiger partial charge in [-0.2, -0.15) is 0 Å². The summed E-state index contributed by atoms with van der Waals surface area (Å²) in [6.45, 7) is 5.05. The van der Waals surface area contributed by atoms with E-state index in [2.05, 4.69) is 26.0 Å². The third-order valence-corrected chi connectivity index (χ3v) is 7.78. The minimum Gasteiger partial charge on any atom is -0.300 e. The Hall–Kier alpha value is -0.590. The summed E-state index contributed by atoms with van der Waals surface area (Å²) in [5.74, 6) is 3.85. The van der Waals surface area contributed by atoms with E-state index in [1.165, 1.54) is 38.5 Å². The summed E-state index contributed by atoms with van der Waals surface area (Å²) in [4.78, 5) is 11.8. The maximum absolute atomic E-state index is 11.8. The molecule has 20 heavy (non-hydrogen) atoms. The summed E-state index contributed by atoms with van der Waals surface area (Å²) in [7, 11) is 0. The second kappa shape index (κ2) is 4.21. The van der Waals surface area contributed by atoms with Crippen LogP contribution in [0, 0.1) is 34.5 Å². The number of carbonyl (C=O) groups excluding carboxylic acids is 1. The molecule has 0 unspecified atom stereocenters. The maximum Gasteiger partial charge on any atom is 0.133 e. The first-order chi connectivity index (χ1) is 9.53. The topological polar surface area (TPSA) is 17.1 Å². The molecule has 1 heteroatoms. The fraction of sp³-hybridized carbons (Fsp3) is 0.842. The molecule has 0 aromatic heterocycles. The molecule has 0 amide bonds. The summed E-state index contributed by atoms with van der Waals surface area (Å²) in [6, 6.07) is 0. The molecule has 3 saturated carbocycles. The Morgan fingerprint density at radius 3 is 2.85 bits per heavy atom. The van der Waals surface area contributed by atoms with Crippen LogP contribution < -0.4 is 0 Å². The van der Waals surface area contributed by atoms with Gasteiger partial charge in [-0.1, -0.05) is 26.0 Å². The monoisotopic (exact) mass is 272 g/mol. The molecule has 0 N–H and O–H groups in total. The smallest absolute Gasteiger partial charge is 0.133 e. The predicted molar refractivity (Wildman–Crippen MR) is 81.3 cm³/mol. The first kappa shape index (κ1) is 13.1. The molecule has 0 aliphatic heterocycles. The summed E-state index contributed by atoms with van der Waals surface area (Å²) >= 11 is 0. The Bertz CT molecular complexity index is 464. The van der Waals surface area contributed by atoms with Gasteiger partial charge in [-0.3, -0.25) is 4.79 Å². The van der Waals surface area contributed by atoms with Gasteiger partial charge in [0.2, 0.25) is 0 Å². The van der Waals surface area contributed by atoms with Crippen LogP contribution in [-0.4, -0.2) is 5.78 Å². The van der Waals surface area contributed by atoms with Crippen molar-refractivity contribution in [2.75, 3.05) is 0 Å². The molecule has 0 saturated heterocycles. The highest BCUT2D eigenvalue weighted by Crippen LogP contribution is 2.64. The minimum atomic E-state index is 0.467. The van der Waals surface area contributed by atoms with Crippen LogP contribution in [-0.2, 0) is 4.79 Å². The van der Waals surface area contributed by atoms with Gasteiger partial charge in [-0.15, -0.1) is 0 Å². The number of rotatable bonds is 0. The fourth-order valence-electron chi connectivity index (χ4n) is 6.47. The number of hydrogen-bond donors (Lipinski definition) is 0. The number of ketones is 1. The van der Waals surface area contributed by atoms with Crippen LogP contribution in [0.3, 0.4) is 0 Å². The molecule has 0 spiro atoms. The van der Waals surface area contributed by atoms with Crippen molar-refractivity contribution in [3.63, 3.8) is 0 Å². The van der Waals surface area contributed by atoms with Crippen molar-refractivity contribution in [1.82, 2.24) is 0 Å². The lowest BCUT2D eigenvalue weighted by Crippen LogP contribution is -2.52. The van der Waals surface area contributed by atoms with Crippen molar-refractivity contribution in [1.29, 1.82) is 0 Å². The van der Waals surface area contributed by atoms with Crippen molar-refractivity contribution < 1.29 is 4.79 Å². The highest BCUT2D eigenvalue weighted by atomic mass is 16.1. The minimum absolute atomic E-state index is 0.467. The van der Waals surface area contributed by atoms with Crippen LogP contribution in [0.5, 0.6) is 0 Å². The molecule has 0 bridgehead atoms. The normalized spacial score (nSPS) is 54.2. The Labute approximate surface area is 123 Å². The van der Waals surface area contributed by atoms with E-state index in [9.17, 15) is 4.79 Å². The lowest BCUT2D eigenvalue weighted by molar-refractivity contribution is -0.136. The van der Waals surface area contributed by atoms with Gasteiger partial charge in [0.1, 0.15) is 5.78 Å². The van der Waals surface area contributed by atoms with Gasteiger partial charge in [0, 0.05) is 12.8 Å². The average Bonchev–Trinajstić information content (AvgIpc) is 2.81. The molecule has 0 radical (unpaired) electrons. The van der Waals surface area contributed by atoms with E-state index in [4.69, 9.17) is 0 Å². The lowest BCUT2D eigenvalue weighted by Gasteiger charge is -2.59. The first-order valence-corrected chi connectivity index (χ1v) is 8.71. The van der Waals surface area contributed by atoms with Crippen LogP contribution in [0.25, 0.3) is 0 Å². The second-order valence-electron chi connectivity index (χ2n) is 8.64. The van der Waals surface area contributed by atoms with Crippen molar-refractivity contribution in [2.45, 2.75) is 65.2 Å². The molecular formula is C19H28O. The maximum atomic E-state index is 11.8. The summed E-state index contributed by atoms with van der Waals surface area (Å²) in [6.07, 6.45) is 14.7. The molecule has 4 aliphatic rings. The predicted octanol–water partition coefficient (Wildman–Crippen LogP) is 4.76. The van der Waals surface area contributed by atoms with Gasteiger partial charge in [0.05, 0.1) is 0 Å². The Balaban J connectivity index is 1.65. The SMILES string of the molecule is C[C@@]12CC=C[C@H]1[C@@H]1CC[C@H]3CC(=O)CC[C@]3(C)[C@H]1CC2. The van der Waals surface area contributed by atoms with Crippen LogP contribution in [0.15, 0.2) is 12.2 Å². The van der Waals surface area contributed by atoms with E-state index in [0.29, 0.717) is 22.5 Å². The van der Waals surface area contributed by atoms with Gasteiger partial charge in [-0.05, 0) is 73.0 Å². The highest BCUT2D eigenvalue weighted by Gasteiger charge is 2.56. The van der Waals surface area contributed by atoms with Gasteiger partial charge >= 0.3 is 0 Å². The van der Waals surface area contributed by atoms with Crippen LogP contribution in [0.4, 0.5) is 0 Å². The fourth-order valence-corrected chi connectivity index (χ4v) is 6.47. The van der Waals surface area contributed by atoms with E-state index in [1.54, 1.807) is 0 Å². The van der Waals surface area contributed by atoms with E-state index in [0.717, 1.165) is 30.6 Å². The van der Waals surface area contributed by atoms with E-state index in [-0.39, 0.29) is 0 Å². The van der Waals surface area contributed by atoms with Crippen LogP contribution >= 0.6 is 0 Å². The molecule has 6 atom stereocenters. The average molecular weight is 272 g/mol. The quantitative estimate of drug-likeness (QED) is 0.581. The number of allylic oxidation sites excluding steroid dienone is 2. The molecule has 3 fully saturated rings. The van der Waals surface area contributed by atoms with Gasteiger partial charge < -0.3 is 0 Å². The zero-order chi connectivity index (χ0) is 14.0. The molecule has 0 heterocycles. The number of hydrogen-bond acceptors (Lipinski definition) is 1. The second-order valence-corrected chi connectivity index (χ2v) is 8.64. The Morgan fingerprint density at radius 2 is 2.00 bits per heavy atom.